The zero-order valence-corrected chi connectivity index (χ0v) is 11.9. The summed E-state index contributed by atoms with van der Waals surface area (Å²) in [7, 11) is 0. The minimum absolute atomic E-state index is 0.107. The number of hydroxylamine groups is 1. The molecule has 6 nitrogen and oxygen atoms in total. The lowest BCUT2D eigenvalue weighted by Gasteiger charge is -2.19. The van der Waals surface area contributed by atoms with Crippen LogP contribution in [0.3, 0.4) is 0 Å². The standard InChI is InChI=1S/C14H20N2O4/c1-14(2,3)20-13(18)15-9-11-6-4-10(5-7-11)8-12(17)16-19/h4-7,19H,8-9H2,1-3H3,(H,15,18)(H,16,17). The molecular weight excluding hydrogens is 260 g/mol. The van der Waals surface area contributed by atoms with Crippen LogP contribution in [0, 0.1) is 0 Å². The van der Waals surface area contributed by atoms with Gasteiger partial charge >= 0.3 is 6.09 Å². The van der Waals surface area contributed by atoms with E-state index in [0.717, 1.165) is 11.1 Å². The number of ether oxygens (including phenoxy) is 1. The number of carbonyl (C=O) groups excluding carboxylic acids is 2. The van der Waals surface area contributed by atoms with E-state index in [1.54, 1.807) is 50.5 Å². The summed E-state index contributed by atoms with van der Waals surface area (Å²) in [4.78, 5) is 22.4. The van der Waals surface area contributed by atoms with Crippen LogP contribution in [0.25, 0.3) is 0 Å². The van der Waals surface area contributed by atoms with Crippen molar-refractivity contribution < 1.29 is 19.5 Å². The summed E-state index contributed by atoms with van der Waals surface area (Å²) in [6.45, 7) is 5.75. The number of amides is 2. The molecule has 0 aromatic heterocycles. The van der Waals surface area contributed by atoms with Crippen LogP contribution in [-0.4, -0.2) is 22.8 Å². The fourth-order valence-electron chi connectivity index (χ4n) is 1.49. The van der Waals surface area contributed by atoms with E-state index in [-0.39, 0.29) is 6.42 Å². The first-order valence-electron chi connectivity index (χ1n) is 6.28. The van der Waals surface area contributed by atoms with Gasteiger partial charge in [-0.15, -0.1) is 0 Å². The van der Waals surface area contributed by atoms with Crippen molar-refractivity contribution in [1.29, 1.82) is 0 Å². The molecule has 2 amide bonds. The molecule has 20 heavy (non-hydrogen) atoms. The van der Waals surface area contributed by atoms with Crippen LogP contribution in [0.4, 0.5) is 4.79 Å². The van der Waals surface area contributed by atoms with E-state index in [1.165, 1.54) is 0 Å². The normalized spacial score (nSPS) is 10.8. The van der Waals surface area contributed by atoms with Gasteiger partial charge in [0.15, 0.2) is 0 Å². The highest BCUT2D eigenvalue weighted by molar-refractivity contribution is 5.77. The monoisotopic (exact) mass is 280 g/mol. The van der Waals surface area contributed by atoms with Crippen LogP contribution in [0.15, 0.2) is 24.3 Å². The van der Waals surface area contributed by atoms with Gasteiger partial charge in [-0.05, 0) is 31.9 Å². The molecule has 0 aliphatic heterocycles. The molecule has 110 valence electrons. The second-order valence-corrected chi connectivity index (χ2v) is 5.38. The van der Waals surface area contributed by atoms with Gasteiger partial charge in [0.2, 0.25) is 5.91 Å². The van der Waals surface area contributed by atoms with Gasteiger partial charge in [0, 0.05) is 6.54 Å². The molecule has 0 saturated carbocycles. The number of hydrogen-bond acceptors (Lipinski definition) is 4. The van der Waals surface area contributed by atoms with Gasteiger partial charge < -0.3 is 10.1 Å². The Kier molecular flexibility index (Phi) is 5.52. The number of rotatable bonds is 4. The van der Waals surface area contributed by atoms with Crippen LogP contribution >= 0.6 is 0 Å². The predicted molar refractivity (Wildman–Crippen MR) is 73.1 cm³/mol. The summed E-state index contributed by atoms with van der Waals surface area (Å²) in [5.74, 6) is -0.468. The largest absolute Gasteiger partial charge is 0.444 e. The average Bonchev–Trinajstić information content (AvgIpc) is 2.36. The second-order valence-electron chi connectivity index (χ2n) is 5.38. The van der Waals surface area contributed by atoms with Crippen LogP contribution in [0.5, 0.6) is 0 Å². The van der Waals surface area contributed by atoms with Gasteiger partial charge in [0.1, 0.15) is 5.60 Å². The summed E-state index contributed by atoms with van der Waals surface area (Å²) < 4.78 is 5.12. The Morgan fingerprint density at radius 2 is 1.70 bits per heavy atom. The number of carbonyl (C=O) groups is 2. The Morgan fingerprint density at radius 3 is 2.20 bits per heavy atom. The molecule has 6 heteroatoms. The van der Waals surface area contributed by atoms with Gasteiger partial charge in [0.25, 0.3) is 0 Å². The summed E-state index contributed by atoms with van der Waals surface area (Å²) >= 11 is 0. The minimum Gasteiger partial charge on any atom is -0.444 e. The highest BCUT2D eigenvalue weighted by Gasteiger charge is 2.15. The first-order valence-corrected chi connectivity index (χ1v) is 6.28. The quantitative estimate of drug-likeness (QED) is 0.579. The van der Waals surface area contributed by atoms with Gasteiger partial charge in [-0.25, -0.2) is 10.3 Å². The maximum absolute atomic E-state index is 11.5. The first kappa shape index (κ1) is 16.0. The van der Waals surface area contributed by atoms with Crippen LogP contribution in [-0.2, 0) is 22.5 Å². The Morgan fingerprint density at radius 1 is 1.15 bits per heavy atom. The molecule has 1 aromatic carbocycles. The Labute approximate surface area is 118 Å². The molecule has 0 aliphatic rings. The Hall–Kier alpha value is -2.08. The first-order chi connectivity index (χ1) is 9.30. The van der Waals surface area contributed by atoms with Crippen molar-refractivity contribution in [3.05, 3.63) is 35.4 Å². The van der Waals surface area contributed by atoms with E-state index in [2.05, 4.69) is 5.32 Å². The molecule has 0 heterocycles. The van der Waals surface area contributed by atoms with Gasteiger partial charge in [-0.3, -0.25) is 10.0 Å². The lowest BCUT2D eigenvalue weighted by molar-refractivity contribution is -0.128. The van der Waals surface area contributed by atoms with Crippen molar-refractivity contribution in [2.24, 2.45) is 0 Å². The SMILES string of the molecule is CC(C)(C)OC(=O)NCc1ccc(CC(=O)NO)cc1. The lowest BCUT2D eigenvalue weighted by Crippen LogP contribution is -2.32. The van der Waals surface area contributed by atoms with Gasteiger partial charge in [-0.1, -0.05) is 24.3 Å². The third-order valence-corrected chi connectivity index (χ3v) is 2.35. The average molecular weight is 280 g/mol. The fraction of sp³-hybridized carbons (Fsp3) is 0.429. The van der Waals surface area contributed by atoms with E-state index in [9.17, 15) is 9.59 Å². The van der Waals surface area contributed by atoms with E-state index in [4.69, 9.17) is 9.94 Å². The van der Waals surface area contributed by atoms with E-state index < -0.39 is 17.6 Å². The number of benzene rings is 1. The summed E-state index contributed by atoms with van der Waals surface area (Å²) in [6, 6.07) is 7.14. The zero-order valence-electron chi connectivity index (χ0n) is 11.9. The number of alkyl carbamates (subject to hydrolysis) is 1. The molecule has 0 bridgehead atoms. The van der Waals surface area contributed by atoms with E-state index in [1.807, 2.05) is 0 Å². The Balaban J connectivity index is 2.46. The van der Waals surface area contributed by atoms with Gasteiger partial charge in [0.05, 0.1) is 6.42 Å². The van der Waals surface area contributed by atoms with Crippen molar-refractivity contribution in [3.8, 4) is 0 Å². The summed E-state index contributed by atoms with van der Waals surface area (Å²) in [5.41, 5.74) is 2.72. The highest BCUT2D eigenvalue weighted by atomic mass is 16.6. The number of nitrogens with one attached hydrogen (secondary N) is 2. The fourth-order valence-corrected chi connectivity index (χ4v) is 1.49. The molecule has 0 spiro atoms. The highest BCUT2D eigenvalue weighted by Crippen LogP contribution is 2.08. The third-order valence-electron chi connectivity index (χ3n) is 2.35. The van der Waals surface area contributed by atoms with Crippen LogP contribution in [0.1, 0.15) is 31.9 Å². The molecule has 1 aromatic rings. The summed E-state index contributed by atoms with van der Waals surface area (Å²) in [6.07, 6.45) is -0.364. The van der Waals surface area contributed by atoms with Crippen molar-refractivity contribution in [2.45, 2.75) is 39.3 Å². The topological polar surface area (TPSA) is 87.7 Å². The van der Waals surface area contributed by atoms with E-state index >= 15 is 0 Å². The maximum atomic E-state index is 11.5. The molecule has 1 rings (SSSR count). The zero-order chi connectivity index (χ0) is 15.2. The predicted octanol–water partition coefficient (Wildman–Crippen LogP) is 1.76. The van der Waals surface area contributed by atoms with Gasteiger partial charge in [-0.2, -0.15) is 0 Å². The lowest BCUT2D eigenvalue weighted by atomic mass is 10.1. The second kappa shape index (κ2) is 6.91. The molecule has 0 saturated heterocycles. The smallest absolute Gasteiger partial charge is 0.407 e. The van der Waals surface area contributed by atoms with Crippen molar-refractivity contribution in [2.75, 3.05) is 0 Å². The maximum Gasteiger partial charge on any atom is 0.407 e. The molecule has 0 radical (unpaired) electrons. The van der Waals surface area contributed by atoms with Crippen LogP contribution < -0.4 is 10.8 Å². The van der Waals surface area contributed by atoms with Crippen molar-refractivity contribution >= 4 is 12.0 Å². The van der Waals surface area contributed by atoms with Crippen LogP contribution in [0.2, 0.25) is 0 Å². The summed E-state index contributed by atoms with van der Waals surface area (Å²) in [5, 5.41) is 11.1. The minimum atomic E-state index is -0.522. The molecule has 0 unspecified atom stereocenters. The molecule has 0 aliphatic carbocycles. The van der Waals surface area contributed by atoms with Crippen molar-refractivity contribution in [3.63, 3.8) is 0 Å². The van der Waals surface area contributed by atoms with Crippen molar-refractivity contribution in [1.82, 2.24) is 10.8 Å². The third kappa shape index (κ3) is 6.19. The Bertz CT molecular complexity index is 463. The molecular formula is C14H20N2O4. The molecule has 0 atom stereocenters. The molecule has 3 N–H and O–H groups in total. The number of hydrogen-bond donors (Lipinski definition) is 3. The van der Waals surface area contributed by atoms with E-state index in [0.29, 0.717) is 6.54 Å². The molecule has 0 fully saturated rings.